The Kier molecular flexibility index (Phi) is 4.28. The maximum atomic E-state index is 12.1. The first-order chi connectivity index (χ1) is 8.16. The van der Waals surface area contributed by atoms with Crippen LogP contribution in [0.5, 0.6) is 0 Å². The molecule has 1 amide bonds. The van der Waals surface area contributed by atoms with E-state index in [0.29, 0.717) is 18.9 Å². The van der Waals surface area contributed by atoms with Gasteiger partial charge in [0.25, 0.3) is 0 Å². The zero-order valence-corrected chi connectivity index (χ0v) is 10.5. The van der Waals surface area contributed by atoms with Gasteiger partial charge >= 0.3 is 5.97 Å². The van der Waals surface area contributed by atoms with Crippen LogP contribution in [0.15, 0.2) is 0 Å². The largest absolute Gasteiger partial charge is 0.481 e. The summed E-state index contributed by atoms with van der Waals surface area (Å²) in [7, 11) is 0. The van der Waals surface area contributed by atoms with Crippen LogP contribution in [-0.2, 0) is 9.59 Å². The van der Waals surface area contributed by atoms with Gasteiger partial charge in [-0.05, 0) is 19.0 Å². The van der Waals surface area contributed by atoms with Crippen LogP contribution in [-0.4, -0.2) is 59.1 Å². The van der Waals surface area contributed by atoms with Crippen molar-refractivity contribution in [1.82, 2.24) is 10.2 Å². The lowest BCUT2D eigenvalue weighted by Crippen LogP contribution is -2.50. The summed E-state index contributed by atoms with van der Waals surface area (Å²) in [5.41, 5.74) is 0. The van der Waals surface area contributed by atoms with E-state index >= 15 is 0 Å². The molecule has 0 aliphatic carbocycles. The number of amides is 1. The summed E-state index contributed by atoms with van der Waals surface area (Å²) in [5.74, 6) is 1.43. The van der Waals surface area contributed by atoms with Gasteiger partial charge in [0.2, 0.25) is 5.91 Å². The van der Waals surface area contributed by atoms with Gasteiger partial charge in [0.1, 0.15) is 0 Å². The SMILES string of the molecule is O=C(O)CC1CSCCN1C(=O)CC1CNC1. The summed E-state index contributed by atoms with van der Waals surface area (Å²) >= 11 is 1.74. The van der Waals surface area contributed by atoms with Crippen molar-refractivity contribution in [2.24, 2.45) is 5.92 Å². The monoisotopic (exact) mass is 258 g/mol. The molecule has 0 aromatic carbocycles. The van der Waals surface area contributed by atoms with E-state index in [1.807, 2.05) is 0 Å². The summed E-state index contributed by atoms with van der Waals surface area (Å²) in [6.07, 6.45) is 0.634. The second kappa shape index (κ2) is 5.73. The first kappa shape index (κ1) is 12.7. The Hall–Kier alpha value is -0.750. The summed E-state index contributed by atoms with van der Waals surface area (Å²) < 4.78 is 0. The van der Waals surface area contributed by atoms with Crippen molar-refractivity contribution in [3.8, 4) is 0 Å². The van der Waals surface area contributed by atoms with E-state index < -0.39 is 5.97 Å². The highest BCUT2D eigenvalue weighted by molar-refractivity contribution is 7.99. The molecule has 0 aromatic rings. The molecule has 96 valence electrons. The molecule has 1 unspecified atom stereocenters. The van der Waals surface area contributed by atoms with Crippen molar-refractivity contribution in [2.45, 2.75) is 18.9 Å². The van der Waals surface area contributed by atoms with Crippen LogP contribution in [0, 0.1) is 5.92 Å². The van der Waals surface area contributed by atoms with Gasteiger partial charge in [-0.15, -0.1) is 0 Å². The summed E-state index contributed by atoms with van der Waals surface area (Å²) in [5, 5.41) is 12.0. The number of nitrogens with one attached hydrogen (secondary N) is 1. The summed E-state index contributed by atoms with van der Waals surface area (Å²) in [6, 6.07) is -0.119. The van der Waals surface area contributed by atoms with Gasteiger partial charge in [0, 0.05) is 24.5 Å². The number of carbonyl (C=O) groups excluding carboxylic acids is 1. The fourth-order valence-corrected chi connectivity index (χ4v) is 3.27. The maximum Gasteiger partial charge on any atom is 0.305 e. The van der Waals surface area contributed by atoms with E-state index in [1.165, 1.54) is 0 Å². The molecule has 2 aliphatic rings. The molecule has 0 bridgehead atoms. The number of carboxylic acid groups (broad SMARTS) is 1. The van der Waals surface area contributed by atoms with Crippen LogP contribution in [0.2, 0.25) is 0 Å². The Morgan fingerprint density at radius 1 is 1.35 bits per heavy atom. The Balaban J connectivity index is 1.89. The highest BCUT2D eigenvalue weighted by Gasteiger charge is 2.31. The molecule has 2 heterocycles. The number of rotatable bonds is 4. The minimum atomic E-state index is -0.819. The number of hydrogen-bond donors (Lipinski definition) is 2. The summed E-state index contributed by atoms with van der Waals surface area (Å²) in [4.78, 5) is 24.6. The predicted octanol–water partition coefficient (Wildman–Crippen LogP) is 0.0146. The van der Waals surface area contributed by atoms with Crippen molar-refractivity contribution in [3.05, 3.63) is 0 Å². The number of nitrogens with zero attached hydrogens (tertiary/aromatic N) is 1. The first-order valence-corrected chi connectivity index (χ1v) is 7.12. The van der Waals surface area contributed by atoms with Gasteiger partial charge in [0.05, 0.1) is 12.5 Å². The van der Waals surface area contributed by atoms with Crippen molar-refractivity contribution >= 4 is 23.6 Å². The van der Waals surface area contributed by atoms with Gasteiger partial charge in [-0.1, -0.05) is 0 Å². The number of thioether (sulfide) groups is 1. The standard InChI is InChI=1S/C11H18N2O3S/c14-10(3-8-5-12-6-8)13-1-2-17-7-9(13)4-11(15)16/h8-9,12H,1-7H2,(H,15,16). The highest BCUT2D eigenvalue weighted by Crippen LogP contribution is 2.21. The van der Waals surface area contributed by atoms with Crippen molar-refractivity contribution in [3.63, 3.8) is 0 Å². The van der Waals surface area contributed by atoms with Crippen LogP contribution in [0.1, 0.15) is 12.8 Å². The molecule has 5 nitrogen and oxygen atoms in total. The zero-order valence-electron chi connectivity index (χ0n) is 9.72. The molecule has 0 radical (unpaired) electrons. The fourth-order valence-electron chi connectivity index (χ4n) is 2.21. The topological polar surface area (TPSA) is 69.6 Å². The molecule has 2 N–H and O–H groups in total. The number of carbonyl (C=O) groups is 2. The van der Waals surface area contributed by atoms with Crippen LogP contribution in [0.25, 0.3) is 0 Å². The maximum absolute atomic E-state index is 12.1. The van der Waals surface area contributed by atoms with E-state index in [0.717, 1.165) is 24.6 Å². The lowest BCUT2D eigenvalue weighted by molar-refractivity contribution is -0.140. The van der Waals surface area contributed by atoms with E-state index in [2.05, 4.69) is 5.32 Å². The van der Waals surface area contributed by atoms with Gasteiger partial charge in [0.15, 0.2) is 0 Å². The van der Waals surface area contributed by atoms with E-state index in [4.69, 9.17) is 5.11 Å². The van der Waals surface area contributed by atoms with Gasteiger partial charge in [-0.25, -0.2) is 0 Å². The molecule has 17 heavy (non-hydrogen) atoms. The molecular formula is C11H18N2O3S. The van der Waals surface area contributed by atoms with Gasteiger partial charge in [-0.3, -0.25) is 9.59 Å². The minimum absolute atomic E-state index is 0.0711. The van der Waals surface area contributed by atoms with Crippen molar-refractivity contribution in [1.29, 1.82) is 0 Å². The third-order valence-electron chi connectivity index (χ3n) is 3.29. The Bertz CT molecular complexity index is 307. The third-order valence-corrected chi connectivity index (χ3v) is 4.38. The lowest BCUT2D eigenvalue weighted by atomic mass is 9.98. The quantitative estimate of drug-likeness (QED) is 0.743. The molecule has 2 saturated heterocycles. The second-order valence-corrected chi connectivity index (χ2v) is 5.79. The van der Waals surface area contributed by atoms with Crippen LogP contribution in [0.4, 0.5) is 0 Å². The van der Waals surface area contributed by atoms with Crippen molar-refractivity contribution < 1.29 is 14.7 Å². The fraction of sp³-hybridized carbons (Fsp3) is 0.818. The van der Waals surface area contributed by atoms with E-state index in [-0.39, 0.29) is 18.4 Å². The molecule has 2 aliphatic heterocycles. The third kappa shape index (κ3) is 3.35. The van der Waals surface area contributed by atoms with Gasteiger partial charge in [-0.2, -0.15) is 11.8 Å². The smallest absolute Gasteiger partial charge is 0.305 e. The molecule has 0 saturated carbocycles. The Morgan fingerprint density at radius 3 is 2.71 bits per heavy atom. The van der Waals surface area contributed by atoms with Crippen LogP contribution < -0.4 is 5.32 Å². The molecule has 6 heteroatoms. The average Bonchev–Trinajstić information content (AvgIpc) is 2.23. The number of carboxylic acids is 1. The van der Waals surface area contributed by atoms with E-state index in [1.54, 1.807) is 16.7 Å². The predicted molar refractivity (Wildman–Crippen MR) is 66.1 cm³/mol. The summed E-state index contributed by atoms with van der Waals surface area (Å²) in [6.45, 7) is 2.53. The zero-order chi connectivity index (χ0) is 12.3. The molecule has 1 atom stereocenters. The molecule has 0 spiro atoms. The lowest BCUT2D eigenvalue weighted by Gasteiger charge is -2.36. The first-order valence-electron chi connectivity index (χ1n) is 5.96. The number of hydrogen-bond acceptors (Lipinski definition) is 4. The highest BCUT2D eigenvalue weighted by atomic mass is 32.2. The normalized spacial score (nSPS) is 25.4. The average molecular weight is 258 g/mol. The van der Waals surface area contributed by atoms with Crippen LogP contribution in [0.3, 0.4) is 0 Å². The van der Waals surface area contributed by atoms with Crippen LogP contribution >= 0.6 is 11.8 Å². The molecular weight excluding hydrogens is 240 g/mol. The number of aliphatic carboxylic acids is 1. The molecule has 2 rings (SSSR count). The van der Waals surface area contributed by atoms with Gasteiger partial charge < -0.3 is 15.3 Å². The second-order valence-electron chi connectivity index (χ2n) is 4.64. The minimum Gasteiger partial charge on any atom is -0.481 e. The van der Waals surface area contributed by atoms with Crippen molar-refractivity contribution in [2.75, 3.05) is 31.1 Å². The molecule has 0 aromatic heterocycles. The Morgan fingerprint density at radius 2 is 2.12 bits per heavy atom. The Labute approximate surface area is 105 Å². The molecule has 2 fully saturated rings. The van der Waals surface area contributed by atoms with E-state index in [9.17, 15) is 9.59 Å².